The number of hydrogen-bond donors (Lipinski definition) is 1. The van der Waals surface area contributed by atoms with E-state index in [1.165, 1.54) is 0 Å². The number of carbonyl (C=O) groups excluding carboxylic acids is 1. The second-order valence-electron chi connectivity index (χ2n) is 3.09. The molecule has 6 heteroatoms. The Balaban J connectivity index is 2.54. The van der Waals surface area contributed by atoms with Gasteiger partial charge in [0.15, 0.2) is 11.0 Å². The van der Waals surface area contributed by atoms with E-state index < -0.39 is 0 Å². The quantitative estimate of drug-likeness (QED) is 0.882. The van der Waals surface area contributed by atoms with Gasteiger partial charge in [0.05, 0.1) is 0 Å². The smallest absolute Gasteiger partial charge is 0.229 e. The van der Waals surface area contributed by atoms with Gasteiger partial charge in [-0.05, 0) is 18.4 Å². The zero-order valence-corrected chi connectivity index (χ0v) is 10.1. The van der Waals surface area contributed by atoms with Gasteiger partial charge in [-0.15, -0.1) is 10.2 Å². The highest BCUT2D eigenvalue weighted by atomic mass is 35.5. The fraction of sp³-hybridized carbons (Fsp3) is 0.444. The van der Waals surface area contributed by atoms with Crippen molar-refractivity contribution in [3.05, 3.63) is 17.3 Å². The van der Waals surface area contributed by atoms with Crippen LogP contribution in [0.1, 0.15) is 6.92 Å². The maximum Gasteiger partial charge on any atom is 0.229 e. The molecule has 82 valence electrons. The van der Waals surface area contributed by atoms with E-state index >= 15 is 0 Å². The van der Waals surface area contributed by atoms with Gasteiger partial charge in [-0.25, -0.2) is 0 Å². The van der Waals surface area contributed by atoms with Gasteiger partial charge in [-0.3, -0.25) is 4.79 Å². The topological polar surface area (TPSA) is 54.9 Å². The Morgan fingerprint density at radius 1 is 1.60 bits per heavy atom. The zero-order valence-electron chi connectivity index (χ0n) is 8.53. The van der Waals surface area contributed by atoms with Crippen molar-refractivity contribution in [1.82, 2.24) is 10.2 Å². The van der Waals surface area contributed by atoms with E-state index in [9.17, 15) is 4.79 Å². The predicted molar refractivity (Wildman–Crippen MR) is 63.2 cm³/mol. The molecule has 4 nitrogen and oxygen atoms in total. The number of nitrogens with zero attached hydrogens (tertiary/aromatic N) is 2. The predicted octanol–water partition coefficient (Wildman–Crippen LogP) is 2.07. The number of nitrogens with one attached hydrogen (secondary N) is 1. The van der Waals surface area contributed by atoms with Crippen molar-refractivity contribution in [3.8, 4) is 0 Å². The molecule has 0 spiro atoms. The number of aromatic nitrogens is 2. The number of rotatable bonds is 4. The van der Waals surface area contributed by atoms with Crippen LogP contribution in [0.15, 0.2) is 12.1 Å². The Kier molecular flexibility index (Phi) is 4.84. The molecule has 1 N–H and O–H groups in total. The van der Waals surface area contributed by atoms with E-state index in [4.69, 9.17) is 11.6 Å². The fourth-order valence-electron chi connectivity index (χ4n) is 0.958. The first-order valence-electron chi connectivity index (χ1n) is 4.42. The van der Waals surface area contributed by atoms with Crippen LogP contribution >= 0.6 is 23.4 Å². The third-order valence-electron chi connectivity index (χ3n) is 1.75. The number of hydrogen-bond acceptors (Lipinski definition) is 4. The van der Waals surface area contributed by atoms with Crippen molar-refractivity contribution < 1.29 is 4.79 Å². The third kappa shape index (κ3) is 4.05. The monoisotopic (exact) mass is 245 g/mol. The molecule has 0 radical (unpaired) electrons. The Morgan fingerprint density at radius 2 is 2.33 bits per heavy atom. The van der Waals surface area contributed by atoms with Crippen LogP contribution in [0.4, 0.5) is 5.82 Å². The summed E-state index contributed by atoms with van der Waals surface area (Å²) in [6.07, 6.45) is 1.96. The van der Waals surface area contributed by atoms with Crippen molar-refractivity contribution in [1.29, 1.82) is 0 Å². The number of anilines is 1. The summed E-state index contributed by atoms with van der Waals surface area (Å²) in [5, 5.41) is 10.4. The minimum Gasteiger partial charge on any atom is -0.309 e. The van der Waals surface area contributed by atoms with Gasteiger partial charge in [0.1, 0.15) is 0 Å². The summed E-state index contributed by atoms with van der Waals surface area (Å²) in [5.74, 6) is 1.11. The Bertz CT molecular complexity index is 331. The van der Waals surface area contributed by atoms with E-state index in [1.807, 2.05) is 13.2 Å². The molecule has 0 aliphatic carbocycles. The van der Waals surface area contributed by atoms with Crippen LogP contribution in [0.5, 0.6) is 0 Å². The lowest BCUT2D eigenvalue weighted by atomic mass is 10.2. The summed E-state index contributed by atoms with van der Waals surface area (Å²) >= 11 is 7.20. The first kappa shape index (κ1) is 12.3. The molecule has 1 heterocycles. The van der Waals surface area contributed by atoms with Gasteiger partial charge in [0.25, 0.3) is 0 Å². The van der Waals surface area contributed by atoms with Crippen LogP contribution in [0.25, 0.3) is 0 Å². The minimum absolute atomic E-state index is 0.0440. The second-order valence-corrected chi connectivity index (χ2v) is 4.38. The summed E-state index contributed by atoms with van der Waals surface area (Å²) in [7, 11) is 0. The fourth-order valence-corrected chi connectivity index (χ4v) is 1.71. The molecule has 15 heavy (non-hydrogen) atoms. The van der Waals surface area contributed by atoms with E-state index in [0.717, 1.165) is 5.75 Å². The Labute approximate surface area is 97.8 Å². The maximum atomic E-state index is 11.6. The zero-order chi connectivity index (χ0) is 11.3. The van der Waals surface area contributed by atoms with Crippen LogP contribution in [0.3, 0.4) is 0 Å². The molecule has 0 aromatic carbocycles. The molecule has 1 rings (SSSR count). The molecule has 0 bridgehead atoms. The number of halogens is 1. The summed E-state index contributed by atoms with van der Waals surface area (Å²) in [6, 6.07) is 3.21. The van der Waals surface area contributed by atoms with Gasteiger partial charge in [-0.2, -0.15) is 11.8 Å². The van der Waals surface area contributed by atoms with Crippen molar-refractivity contribution in [3.63, 3.8) is 0 Å². The summed E-state index contributed by atoms with van der Waals surface area (Å²) in [5.41, 5.74) is 0. The number of amides is 1. The molecule has 1 aromatic heterocycles. The molecule has 1 amide bonds. The lowest BCUT2D eigenvalue weighted by molar-refractivity contribution is -0.118. The van der Waals surface area contributed by atoms with E-state index in [2.05, 4.69) is 15.5 Å². The van der Waals surface area contributed by atoms with Gasteiger partial charge in [0, 0.05) is 11.7 Å². The summed E-state index contributed by atoms with van der Waals surface area (Å²) in [4.78, 5) is 11.6. The summed E-state index contributed by atoms with van der Waals surface area (Å²) < 4.78 is 0. The van der Waals surface area contributed by atoms with Crippen LogP contribution in [-0.4, -0.2) is 28.1 Å². The first-order valence-corrected chi connectivity index (χ1v) is 6.19. The van der Waals surface area contributed by atoms with E-state index in [-0.39, 0.29) is 11.8 Å². The molecule has 1 atom stereocenters. The van der Waals surface area contributed by atoms with E-state index in [0.29, 0.717) is 11.0 Å². The molecule has 1 unspecified atom stereocenters. The lowest BCUT2D eigenvalue weighted by Gasteiger charge is -2.09. The SMILES string of the molecule is CSCC(C)C(=O)Nc1ccc(Cl)nn1. The lowest BCUT2D eigenvalue weighted by Crippen LogP contribution is -2.22. The van der Waals surface area contributed by atoms with Gasteiger partial charge in [-0.1, -0.05) is 18.5 Å². The van der Waals surface area contributed by atoms with Crippen LogP contribution in [0, 0.1) is 5.92 Å². The molecule has 0 fully saturated rings. The first-order chi connectivity index (χ1) is 7.13. The minimum atomic E-state index is -0.0547. The summed E-state index contributed by atoms with van der Waals surface area (Å²) in [6.45, 7) is 1.87. The molecule has 1 aromatic rings. The highest BCUT2D eigenvalue weighted by molar-refractivity contribution is 7.98. The van der Waals surface area contributed by atoms with Crippen molar-refractivity contribution in [2.75, 3.05) is 17.3 Å². The average molecular weight is 246 g/mol. The van der Waals surface area contributed by atoms with Crippen LogP contribution in [0.2, 0.25) is 5.15 Å². The van der Waals surface area contributed by atoms with Gasteiger partial charge < -0.3 is 5.32 Å². The molecule has 0 aliphatic heterocycles. The second kappa shape index (κ2) is 5.92. The molecule has 0 saturated carbocycles. The largest absolute Gasteiger partial charge is 0.309 e. The van der Waals surface area contributed by atoms with Crippen molar-refractivity contribution in [2.24, 2.45) is 5.92 Å². The normalized spacial score (nSPS) is 12.2. The van der Waals surface area contributed by atoms with Crippen molar-refractivity contribution in [2.45, 2.75) is 6.92 Å². The average Bonchev–Trinajstić information content (AvgIpc) is 2.22. The van der Waals surface area contributed by atoms with E-state index in [1.54, 1.807) is 23.9 Å². The van der Waals surface area contributed by atoms with Crippen molar-refractivity contribution >= 4 is 35.1 Å². The molecule has 0 saturated heterocycles. The Hall–Kier alpha value is -0.810. The number of carbonyl (C=O) groups is 1. The standard InChI is InChI=1S/C9H12ClN3OS/c1-6(5-15-2)9(14)11-8-4-3-7(10)12-13-8/h3-4,6H,5H2,1-2H3,(H,11,13,14). The van der Waals surface area contributed by atoms with Gasteiger partial charge >= 0.3 is 0 Å². The molecular weight excluding hydrogens is 234 g/mol. The molecule has 0 aliphatic rings. The highest BCUT2D eigenvalue weighted by Crippen LogP contribution is 2.10. The van der Waals surface area contributed by atoms with Crippen LogP contribution in [-0.2, 0) is 4.79 Å². The maximum absolute atomic E-state index is 11.6. The third-order valence-corrected chi connectivity index (χ3v) is 2.78. The molecular formula is C9H12ClN3OS. The van der Waals surface area contributed by atoms with Crippen LogP contribution < -0.4 is 5.32 Å². The number of thioether (sulfide) groups is 1. The van der Waals surface area contributed by atoms with Gasteiger partial charge in [0.2, 0.25) is 5.91 Å². The Morgan fingerprint density at radius 3 is 2.87 bits per heavy atom. The highest BCUT2D eigenvalue weighted by Gasteiger charge is 2.12.